The van der Waals surface area contributed by atoms with Gasteiger partial charge in [0.2, 0.25) is 0 Å². The maximum Gasteiger partial charge on any atom is -0.00143 e. The molecule has 0 aliphatic carbocycles. The van der Waals surface area contributed by atoms with Gasteiger partial charge in [0.1, 0.15) is 0 Å². The van der Waals surface area contributed by atoms with E-state index in [0.29, 0.717) is 0 Å². The molecule has 286 valence electrons. The van der Waals surface area contributed by atoms with Gasteiger partial charge in [-0.25, -0.2) is 0 Å². The lowest BCUT2D eigenvalue weighted by Gasteiger charge is -2.26. The minimum absolute atomic E-state index is 0.0152. The molecule has 0 heterocycles. The van der Waals surface area contributed by atoms with E-state index in [2.05, 4.69) is 207 Å². The summed E-state index contributed by atoms with van der Waals surface area (Å²) in [4.78, 5) is 0. The number of hydrogen-bond acceptors (Lipinski definition) is 0. The van der Waals surface area contributed by atoms with Crippen molar-refractivity contribution in [2.75, 3.05) is 0 Å². The van der Waals surface area contributed by atoms with Crippen LogP contribution in [0, 0.1) is 0 Å². The van der Waals surface area contributed by atoms with Crippen molar-refractivity contribution in [3.8, 4) is 22.3 Å². The first kappa shape index (κ1) is 38.2. The highest BCUT2D eigenvalue weighted by Crippen LogP contribution is 2.49. The predicted molar refractivity (Wildman–Crippen MR) is 250 cm³/mol. The zero-order chi connectivity index (χ0) is 40.5. The minimum atomic E-state index is -0.0152. The molecule has 0 saturated heterocycles. The van der Waals surface area contributed by atoms with Crippen LogP contribution in [-0.2, 0) is 27.1 Å². The molecule has 0 aliphatic rings. The van der Waals surface area contributed by atoms with Crippen LogP contribution in [0.3, 0.4) is 0 Å². The highest BCUT2D eigenvalue weighted by molar-refractivity contribution is 6.29. The van der Waals surface area contributed by atoms with Gasteiger partial charge in [0, 0.05) is 0 Å². The van der Waals surface area contributed by atoms with Crippen molar-refractivity contribution in [3.05, 3.63) is 131 Å². The first-order valence-corrected chi connectivity index (χ1v) is 20.8. The van der Waals surface area contributed by atoms with Crippen molar-refractivity contribution in [1.29, 1.82) is 0 Å². The van der Waals surface area contributed by atoms with E-state index in [9.17, 15) is 0 Å². The van der Waals surface area contributed by atoms with Crippen molar-refractivity contribution >= 4 is 53.9 Å². The van der Waals surface area contributed by atoms with E-state index in [0.717, 1.165) is 0 Å². The standard InChI is InChI=1S/C56H62/c1-52(2,3)37-18-22-42-35(26-37)28-40(55(10,11)12)30-46(42)48-32-49(47-31-41(56(13,14)15)29-36-27-38(53(4,5)6)19-23-43(36)47)45-21-17-34-25-39(54(7,8)9)24-33-16-20-44(48)51(45)50(33)34/h16-32H,1-15H3. The second-order valence-electron chi connectivity index (χ2n) is 22.0. The third-order valence-electron chi connectivity index (χ3n) is 12.5. The largest absolute Gasteiger partial charge is 0.0578 e. The topological polar surface area (TPSA) is 0 Å². The van der Waals surface area contributed by atoms with Crippen LogP contribution in [0.4, 0.5) is 0 Å². The van der Waals surface area contributed by atoms with E-state index < -0.39 is 0 Å². The van der Waals surface area contributed by atoms with E-state index >= 15 is 0 Å². The Morgan fingerprint density at radius 2 is 0.518 bits per heavy atom. The van der Waals surface area contributed by atoms with Gasteiger partial charge in [-0.1, -0.05) is 189 Å². The molecule has 0 saturated carbocycles. The second kappa shape index (κ2) is 12.4. The van der Waals surface area contributed by atoms with Crippen molar-refractivity contribution in [2.45, 2.75) is 131 Å². The zero-order valence-corrected chi connectivity index (χ0v) is 36.8. The summed E-state index contributed by atoms with van der Waals surface area (Å²) in [6.07, 6.45) is 0. The highest BCUT2D eigenvalue weighted by Gasteiger charge is 2.26. The van der Waals surface area contributed by atoms with Gasteiger partial charge in [-0.3, -0.25) is 0 Å². The number of rotatable bonds is 2. The molecule has 0 nitrogen and oxygen atoms in total. The summed E-state index contributed by atoms with van der Waals surface area (Å²) in [5.74, 6) is 0. The molecular weight excluding hydrogens is 673 g/mol. The average Bonchev–Trinajstić information content (AvgIpc) is 3.10. The van der Waals surface area contributed by atoms with Gasteiger partial charge in [-0.05, 0) is 149 Å². The van der Waals surface area contributed by atoms with Crippen LogP contribution in [0.5, 0.6) is 0 Å². The molecule has 0 unspecified atom stereocenters. The van der Waals surface area contributed by atoms with Crippen LogP contribution in [-0.4, -0.2) is 0 Å². The van der Waals surface area contributed by atoms with Crippen molar-refractivity contribution in [1.82, 2.24) is 0 Å². The number of fused-ring (bicyclic) bond motifs is 2. The lowest BCUT2D eigenvalue weighted by Crippen LogP contribution is -2.13. The van der Waals surface area contributed by atoms with Crippen molar-refractivity contribution in [2.24, 2.45) is 0 Å². The second-order valence-corrected chi connectivity index (χ2v) is 22.0. The van der Waals surface area contributed by atoms with Gasteiger partial charge in [0.05, 0.1) is 0 Å². The average molecular weight is 735 g/mol. The molecule has 0 N–H and O–H groups in total. The third kappa shape index (κ3) is 6.48. The van der Waals surface area contributed by atoms with E-state index in [1.807, 2.05) is 0 Å². The molecule has 8 aromatic carbocycles. The van der Waals surface area contributed by atoms with Crippen molar-refractivity contribution < 1.29 is 0 Å². The summed E-state index contributed by atoms with van der Waals surface area (Å²) in [7, 11) is 0. The van der Waals surface area contributed by atoms with Crippen LogP contribution < -0.4 is 0 Å². The monoisotopic (exact) mass is 734 g/mol. The Bertz CT molecular complexity index is 2650. The Kier molecular flexibility index (Phi) is 8.47. The highest BCUT2D eigenvalue weighted by atomic mass is 14.3. The summed E-state index contributed by atoms with van der Waals surface area (Å²) in [5.41, 5.74) is 12.2. The molecule has 0 aromatic heterocycles. The molecule has 0 aliphatic heterocycles. The first-order valence-electron chi connectivity index (χ1n) is 20.8. The molecular formula is C56H62. The fourth-order valence-electron chi connectivity index (χ4n) is 8.78. The Morgan fingerprint density at radius 3 is 0.875 bits per heavy atom. The number of hydrogen-bond donors (Lipinski definition) is 0. The maximum atomic E-state index is 2.56. The normalized spacial score (nSPS) is 13.6. The smallest absolute Gasteiger partial charge is 0.00143 e. The summed E-state index contributed by atoms with van der Waals surface area (Å²) in [6, 6.07) is 41.4. The zero-order valence-electron chi connectivity index (χ0n) is 36.8. The first-order chi connectivity index (χ1) is 25.9. The van der Waals surface area contributed by atoms with Gasteiger partial charge in [-0.2, -0.15) is 0 Å². The van der Waals surface area contributed by atoms with Crippen LogP contribution in [0.2, 0.25) is 0 Å². The fraction of sp³-hybridized carbons (Fsp3) is 0.357. The van der Waals surface area contributed by atoms with Gasteiger partial charge in [0.25, 0.3) is 0 Å². The molecule has 0 radical (unpaired) electrons. The molecule has 0 bridgehead atoms. The van der Waals surface area contributed by atoms with Gasteiger partial charge < -0.3 is 0 Å². The molecule has 8 rings (SSSR count). The molecule has 0 heteroatoms. The van der Waals surface area contributed by atoms with E-state index in [4.69, 9.17) is 0 Å². The van der Waals surface area contributed by atoms with Crippen molar-refractivity contribution in [3.63, 3.8) is 0 Å². The van der Waals surface area contributed by atoms with Crippen LogP contribution in [0.25, 0.3) is 76.1 Å². The van der Waals surface area contributed by atoms with E-state index in [1.165, 1.54) is 104 Å². The van der Waals surface area contributed by atoms with E-state index in [1.54, 1.807) is 0 Å². The minimum Gasteiger partial charge on any atom is -0.0578 e. The summed E-state index contributed by atoms with van der Waals surface area (Å²) >= 11 is 0. The Balaban J connectivity index is 1.58. The summed E-state index contributed by atoms with van der Waals surface area (Å²) in [5, 5.41) is 13.3. The van der Waals surface area contributed by atoms with E-state index in [-0.39, 0.29) is 27.1 Å². The van der Waals surface area contributed by atoms with Crippen LogP contribution in [0.1, 0.15) is 132 Å². The van der Waals surface area contributed by atoms with Gasteiger partial charge in [0.15, 0.2) is 0 Å². The molecule has 8 aromatic rings. The molecule has 0 amide bonds. The molecule has 0 fully saturated rings. The van der Waals surface area contributed by atoms with Crippen LogP contribution in [0.15, 0.2) is 103 Å². The van der Waals surface area contributed by atoms with Crippen LogP contribution >= 0.6 is 0 Å². The Labute approximate surface area is 336 Å². The quantitative estimate of drug-likeness (QED) is 0.155. The predicted octanol–water partition coefficient (Wildman–Crippen LogP) is 16.7. The lowest BCUT2D eigenvalue weighted by molar-refractivity contribution is 0.589. The Morgan fingerprint density at radius 1 is 0.232 bits per heavy atom. The van der Waals surface area contributed by atoms with Gasteiger partial charge in [-0.15, -0.1) is 0 Å². The summed E-state index contributed by atoms with van der Waals surface area (Å²) in [6.45, 7) is 35.0. The molecule has 0 spiro atoms. The Hall–Kier alpha value is -4.68. The third-order valence-corrected chi connectivity index (χ3v) is 12.5. The molecule has 0 atom stereocenters. The fourth-order valence-corrected chi connectivity index (χ4v) is 8.78. The van der Waals surface area contributed by atoms with Gasteiger partial charge >= 0.3 is 0 Å². The lowest BCUT2D eigenvalue weighted by atomic mass is 9.77. The maximum absolute atomic E-state index is 2.56. The number of benzene rings is 8. The SMILES string of the molecule is CC(C)(C)c1ccc2c(-c3cc(-c4cc(C(C)(C)C)cc5cc(C(C)(C)C)ccc45)c4ccc5cc(C(C)(C)C)cc6ccc3c4c65)cc(C(C)(C)C)cc2c1. The summed E-state index contributed by atoms with van der Waals surface area (Å²) < 4.78 is 0. The molecule has 56 heavy (non-hydrogen) atoms.